The molecule has 0 bridgehead atoms. The fourth-order valence-electron chi connectivity index (χ4n) is 1.36. The number of hydrogen-bond acceptors (Lipinski definition) is 6. The van der Waals surface area contributed by atoms with Crippen LogP contribution in [0.4, 0.5) is 0 Å². The van der Waals surface area contributed by atoms with Crippen LogP contribution in [0.3, 0.4) is 0 Å². The monoisotopic (exact) mass is 292 g/mol. The summed E-state index contributed by atoms with van der Waals surface area (Å²) in [4.78, 5) is 0. The van der Waals surface area contributed by atoms with Gasteiger partial charge in [-0.15, -0.1) is 4.40 Å². The number of halogens is 1. The van der Waals surface area contributed by atoms with Gasteiger partial charge in [-0.1, -0.05) is 34.8 Å². The van der Waals surface area contributed by atoms with E-state index in [1.54, 1.807) is 11.3 Å². The zero-order chi connectivity index (χ0) is 12.5. The SMILES string of the molecule is [O-][Cl+3]([O-])([O-])O.c1ccc2c(c1)sc1scc[n+]12. The van der Waals surface area contributed by atoms with Crippen LogP contribution >= 0.6 is 22.7 Å². The molecule has 8 heteroatoms. The van der Waals surface area contributed by atoms with Crippen LogP contribution in [0.5, 0.6) is 0 Å². The second-order valence-electron chi connectivity index (χ2n) is 3.00. The summed E-state index contributed by atoms with van der Waals surface area (Å²) in [6.07, 6.45) is 2.12. The summed E-state index contributed by atoms with van der Waals surface area (Å²) in [7, 11) is -4.69. The zero-order valence-electron chi connectivity index (χ0n) is 8.28. The Hall–Kier alpha value is -0.800. The van der Waals surface area contributed by atoms with E-state index in [4.69, 9.17) is 18.6 Å². The van der Waals surface area contributed by atoms with Crippen molar-refractivity contribution in [2.45, 2.75) is 0 Å². The van der Waals surface area contributed by atoms with Crippen LogP contribution in [0.2, 0.25) is 0 Å². The molecular formula is C9H7ClNO4S2+. The number of para-hydroxylation sites is 1. The predicted octanol–water partition coefficient (Wildman–Crippen LogP) is -1.42. The van der Waals surface area contributed by atoms with Crippen molar-refractivity contribution in [1.82, 2.24) is 0 Å². The number of benzene rings is 1. The van der Waals surface area contributed by atoms with Crippen molar-refractivity contribution >= 4 is 37.0 Å². The Morgan fingerprint density at radius 1 is 1.18 bits per heavy atom. The first kappa shape index (κ1) is 12.7. The maximum absolute atomic E-state index is 8.60. The highest BCUT2D eigenvalue weighted by molar-refractivity contribution is 7.37. The van der Waals surface area contributed by atoms with E-state index < -0.39 is 10.2 Å². The van der Waals surface area contributed by atoms with E-state index in [9.17, 15) is 0 Å². The zero-order valence-corrected chi connectivity index (χ0v) is 10.7. The highest BCUT2D eigenvalue weighted by Gasteiger charge is 2.12. The third-order valence-corrected chi connectivity index (χ3v) is 4.03. The van der Waals surface area contributed by atoms with Gasteiger partial charge in [0.15, 0.2) is 6.20 Å². The highest BCUT2D eigenvalue weighted by Crippen LogP contribution is 2.23. The molecule has 0 aliphatic carbocycles. The molecule has 17 heavy (non-hydrogen) atoms. The molecule has 90 valence electrons. The number of rotatable bonds is 0. The molecule has 0 spiro atoms. The standard InChI is InChI=1S/C9H6NS2.ClHO4/c1-2-4-8-7(3-1)10-5-6-11-9(10)12-8;2-1(3,4)5/h1-6H;(H,2,3,4,5)/q+1;. The fourth-order valence-corrected chi connectivity index (χ4v) is 3.42. The smallest absolute Gasteiger partial charge is 0.183 e. The first-order valence-corrected chi connectivity index (χ1v) is 7.31. The largest absolute Gasteiger partial charge is 0.326 e. The number of aromatic nitrogens is 1. The molecule has 3 rings (SSSR count). The van der Waals surface area contributed by atoms with Crippen molar-refractivity contribution in [1.29, 1.82) is 0 Å². The number of nitrogens with zero attached hydrogens (tertiary/aromatic N) is 1. The Kier molecular flexibility index (Phi) is 3.59. The molecule has 0 aliphatic heterocycles. The van der Waals surface area contributed by atoms with Gasteiger partial charge in [0.2, 0.25) is 5.52 Å². The second kappa shape index (κ2) is 4.83. The van der Waals surface area contributed by atoms with Crippen molar-refractivity contribution in [3.05, 3.63) is 35.8 Å². The lowest BCUT2D eigenvalue weighted by atomic mass is 10.3. The van der Waals surface area contributed by atoms with Gasteiger partial charge in [-0.25, -0.2) is 0 Å². The van der Waals surface area contributed by atoms with Crippen LogP contribution in [0.1, 0.15) is 0 Å². The minimum Gasteiger partial charge on any atom is -0.183 e. The maximum Gasteiger partial charge on any atom is 0.326 e. The molecule has 0 atom stereocenters. The maximum atomic E-state index is 8.60. The van der Waals surface area contributed by atoms with Gasteiger partial charge in [0, 0.05) is 6.07 Å². The lowest BCUT2D eigenvalue weighted by Gasteiger charge is -2.03. The molecule has 0 unspecified atom stereocenters. The van der Waals surface area contributed by atoms with E-state index in [0.29, 0.717) is 0 Å². The van der Waals surface area contributed by atoms with Gasteiger partial charge >= 0.3 is 4.14 Å². The first-order chi connectivity index (χ1) is 7.95. The Morgan fingerprint density at radius 2 is 1.82 bits per heavy atom. The molecule has 1 N–H and O–H groups in total. The van der Waals surface area contributed by atoms with E-state index in [1.165, 1.54) is 14.4 Å². The molecule has 3 aromatic rings. The molecule has 0 fully saturated rings. The number of thiazole rings is 2. The molecule has 0 amide bonds. The molecular weight excluding hydrogens is 286 g/mol. The highest BCUT2D eigenvalue weighted by atomic mass is 35.7. The van der Waals surface area contributed by atoms with Crippen molar-refractivity contribution < 1.29 is 33.3 Å². The molecule has 5 nitrogen and oxygen atoms in total. The van der Waals surface area contributed by atoms with Crippen LogP contribution in [-0.2, 0) is 0 Å². The minimum absolute atomic E-state index is 1.32. The third-order valence-electron chi connectivity index (χ3n) is 1.90. The van der Waals surface area contributed by atoms with Gasteiger partial charge < -0.3 is 0 Å². The molecule has 1 aromatic carbocycles. The average Bonchev–Trinajstić information content (AvgIpc) is 2.73. The van der Waals surface area contributed by atoms with Crippen LogP contribution < -0.4 is 18.4 Å². The quantitative estimate of drug-likeness (QED) is 0.515. The van der Waals surface area contributed by atoms with E-state index in [0.717, 1.165) is 0 Å². The van der Waals surface area contributed by atoms with Crippen molar-refractivity contribution in [3.8, 4) is 0 Å². The lowest BCUT2D eigenvalue weighted by Crippen LogP contribution is -2.58. The van der Waals surface area contributed by atoms with Crippen molar-refractivity contribution in [3.63, 3.8) is 0 Å². The molecule has 0 aliphatic rings. The van der Waals surface area contributed by atoms with Crippen LogP contribution in [0, 0.1) is 10.2 Å². The first-order valence-electron chi connectivity index (χ1n) is 4.35. The van der Waals surface area contributed by atoms with E-state index in [-0.39, 0.29) is 0 Å². The van der Waals surface area contributed by atoms with Crippen molar-refractivity contribution in [2.24, 2.45) is 0 Å². The number of hydrogen-bond donors (Lipinski definition) is 1. The molecule has 0 saturated heterocycles. The predicted molar refractivity (Wildman–Crippen MR) is 55.1 cm³/mol. The fraction of sp³-hybridized carbons (Fsp3) is 0. The van der Waals surface area contributed by atoms with Crippen molar-refractivity contribution in [2.75, 3.05) is 0 Å². The summed E-state index contributed by atoms with van der Waals surface area (Å²) in [5, 5.41) is 2.12. The number of fused-ring (bicyclic) bond motifs is 3. The van der Waals surface area contributed by atoms with Gasteiger partial charge in [-0.3, -0.25) is 0 Å². The Morgan fingerprint density at radius 3 is 2.53 bits per heavy atom. The summed E-state index contributed by atoms with van der Waals surface area (Å²) in [5.41, 5.74) is 1.32. The lowest BCUT2D eigenvalue weighted by molar-refractivity contribution is -1.92. The van der Waals surface area contributed by atoms with E-state index >= 15 is 0 Å². The second-order valence-corrected chi connectivity index (χ2v) is 5.98. The normalized spacial score (nSPS) is 11.5. The van der Waals surface area contributed by atoms with Gasteiger partial charge in [0.1, 0.15) is 4.70 Å². The Bertz CT molecular complexity index is 624. The average molecular weight is 293 g/mol. The van der Waals surface area contributed by atoms with E-state index in [2.05, 4.69) is 40.2 Å². The summed E-state index contributed by atoms with van der Waals surface area (Å²) in [5.74, 6) is 0. The minimum atomic E-state index is -4.69. The molecule has 0 radical (unpaired) electrons. The van der Waals surface area contributed by atoms with E-state index in [1.807, 2.05) is 11.3 Å². The van der Waals surface area contributed by atoms with Gasteiger partial charge in [0.25, 0.3) is 0 Å². The Balaban J connectivity index is 0.000000188. The van der Waals surface area contributed by atoms with Crippen LogP contribution in [0.25, 0.3) is 14.4 Å². The summed E-state index contributed by atoms with van der Waals surface area (Å²) in [6, 6.07) is 8.49. The topological polar surface area (TPSA) is 93.5 Å². The summed E-state index contributed by atoms with van der Waals surface area (Å²) < 4.78 is 37.7. The van der Waals surface area contributed by atoms with Crippen LogP contribution in [0.15, 0.2) is 35.8 Å². The van der Waals surface area contributed by atoms with Gasteiger partial charge in [-0.2, -0.15) is 14.0 Å². The molecule has 2 heterocycles. The van der Waals surface area contributed by atoms with Gasteiger partial charge in [-0.05, 0) is 6.07 Å². The Labute approximate surface area is 106 Å². The molecule has 2 aromatic heterocycles. The van der Waals surface area contributed by atoms with Gasteiger partial charge in [0.05, 0.1) is 20.3 Å². The van der Waals surface area contributed by atoms with Crippen LogP contribution in [-0.4, -0.2) is 4.66 Å². The molecule has 0 saturated carbocycles. The summed E-state index contributed by atoms with van der Waals surface area (Å²) >= 11 is 3.64. The summed E-state index contributed by atoms with van der Waals surface area (Å²) in [6.45, 7) is 0. The third kappa shape index (κ3) is 3.33.